The first-order chi connectivity index (χ1) is 8.70. The maximum absolute atomic E-state index is 12.0. The number of thiazole rings is 1. The molecule has 1 aromatic rings. The van der Waals surface area contributed by atoms with Crippen molar-refractivity contribution in [1.82, 2.24) is 15.6 Å². The Hall–Kier alpha value is -0.980. The fraction of sp³-hybridized carbons (Fsp3) is 0.667. The van der Waals surface area contributed by atoms with Gasteiger partial charge >= 0.3 is 0 Å². The van der Waals surface area contributed by atoms with E-state index in [2.05, 4.69) is 22.5 Å². The number of amides is 1. The van der Waals surface area contributed by atoms with Gasteiger partial charge in [-0.2, -0.15) is 0 Å². The summed E-state index contributed by atoms with van der Waals surface area (Å²) in [6.45, 7) is 5.86. The van der Waals surface area contributed by atoms with Crippen LogP contribution in [0.15, 0.2) is 5.38 Å². The van der Waals surface area contributed by atoms with Crippen LogP contribution in [0.25, 0.3) is 0 Å². The van der Waals surface area contributed by atoms with Crippen molar-refractivity contribution >= 4 is 17.2 Å². The molecule has 2 heterocycles. The summed E-state index contributed by atoms with van der Waals surface area (Å²) in [5, 5.41) is 9.16. The Labute approximate surface area is 111 Å². The molecule has 18 heavy (non-hydrogen) atoms. The van der Waals surface area contributed by atoms with Crippen LogP contribution in [0.3, 0.4) is 0 Å². The average molecular weight is 269 g/mol. The average Bonchev–Trinajstić information content (AvgIpc) is 2.84. The van der Waals surface area contributed by atoms with Crippen LogP contribution in [0.1, 0.15) is 24.5 Å². The number of hydrogen-bond acceptors (Lipinski definition) is 5. The molecule has 0 radical (unpaired) electrons. The highest BCUT2D eigenvalue weighted by atomic mass is 32.1. The van der Waals surface area contributed by atoms with E-state index in [0.29, 0.717) is 13.2 Å². The molecule has 2 N–H and O–H groups in total. The van der Waals surface area contributed by atoms with E-state index >= 15 is 0 Å². The molecule has 2 rings (SSSR count). The lowest BCUT2D eigenvalue weighted by molar-refractivity contribution is -0.129. The van der Waals surface area contributed by atoms with E-state index in [-0.39, 0.29) is 18.1 Å². The zero-order valence-electron chi connectivity index (χ0n) is 10.7. The van der Waals surface area contributed by atoms with Crippen LogP contribution < -0.4 is 10.6 Å². The summed E-state index contributed by atoms with van der Waals surface area (Å²) in [4.78, 5) is 16.4. The van der Waals surface area contributed by atoms with Crippen molar-refractivity contribution in [1.29, 1.82) is 0 Å². The predicted octanol–water partition coefficient (Wildman–Crippen LogP) is 0.699. The molecule has 5 nitrogen and oxygen atoms in total. The molecule has 0 aromatic carbocycles. The highest BCUT2D eigenvalue weighted by Crippen LogP contribution is 2.10. The normalized spacial score (nSPS) is 23.9. The van der Waals surface area contributed by atoms with Crippen LogP contribution in [0.5, 0.6) is 0 Å². The van der Waals surface area contributed by atoms with E-state index < -0.39 is 0 Å². The lowest BCUT2D eigenvalue weighted by Crippen LogP contribution is -2.55. The van der Waals surface area contributed by atoms with Gasteiger partial charge in [-0.3, -0.25) is 4.79 Å². The molecule has 0 unspecified atom stereocenters. The highest BCUT2D eigenvalue weighted by Gasteiger charge is 2.27. The quantitative estimate of drug-likeness (QED) is 0.844. The lowest BCUT2D eigenvalue weighted by Gasteiger charge is -2.29. The summed E-state index contributed by atoms with van der Waals surface area (Å²) < 4.78 is 5.45. The first-order valence-electron chi connectivity index (χ1n) is 6.26. The topological polar surface area (TPSA) is 63.2 Å². The molecule has 1 fully saturated rings. The van der Waals surface area contributed by atoms with Gasteiger partial charge in [0.2, 0.25) is 5.91 Å². The third-order valence-electron chi connectivity index (χ3n) is 2.94. The molecule has 100 valence electrons. The summed E-state index contributed by atoms with van der Waals surface area (Å²) in [6.07, 6.45) is 0.855. The number of carbonyl (C=O) groups is 1. The van der Waals surface area contributed by atoms with Gasteiger partial charge < -0.3 is 15.4 Å². The van der Waals surface area contributed by atoms with Gasteiger partial charge in [-0.05, 0) is 13.3 Å². The monoisotopic (exact) mass is 269 g/mol. The van der Waals surface area contributed by atoms with Crippen LogP contribution in [0.4, 0.5) is 0 Å². The number of ether oxygens (including phenoxy) is 1. The van der Waals surface area contributed by atoms with Crippen molar-refractivity contribution in [3.8, 4) is 0 Å². The molecule has 1 amide bonds. The summed E-state index contributed by atoms with van der Waals surface area (Å²) in [5.74, 6) is -0.0201. The second-order valence-corrected chi connectivity index (χ2v) is 5.25. The third-order valence-corrected chi connectivity index (χ3v) is 3.99. The molecule has 0 spiro atoms. The maximum Gasteiger partial charge on any atom is 0.240 e. The zero-order valence-corrected chi connectivity index (χ0v) is 11.5. The minimum absolute atomic E-state index is 0.0201. The SMILES string of the molecule is CCc1nc(CNC(=O)[C@H]2NCCO[C@@H]2C)cs1. The number of hydrogen-bond donors (Lipinski definition) is 2. The smallest absolute Gasteiger partial charge is 0.240 e. The van der Waals surface area contributed by atoms with E-state index in [9.17, 15) is 4.79 Å². The molecule has 0 aliphatic carbocycles. The molecule has 2 atom stereocenters. The number of rotatable bonds is 4. The van der Waals surface area contributed by atoms with E-state index in [1.165, 1.54) is 0 Å². The van der Waals surface area contributed by atoms with E-state index in [1.54, 1.807) is 11.3 Å². The van der Waals surface area contributed by atoms with Gasteiger partial charge in [0.1, 0.15) is 6.04 Å². The summed E-state index contributed by atoms with van der Waals surface area (Å²) in [7, 11) is 0. The number of aryl methyl sites for hydroxylation is 1. The first-order valence-corrected chi connectivity index (χ1v) is 7.14. The number of nitrogens with zero attached hydrogens (tertiary/aromatic N) is 1. The van der Waals surface area contributed by atoms with Crippen molar-refractivity contribution in [3.05, 3.63) is 16.1 Å². The molecular weight excluding hydrogens is 250 g/mol. The molecule has 6 heteroatoms. The number of morpholine rings is 1. The second-order valence-electron chi connectivity index (χ2n) is 4.31. The van der Waals surface area contributed by atoms with Gasteiger partial charge in [-0.15, -0.1) is 11.3 Å². The van der Waals surface area contributed by atoms with Crippen molar-refractivity contribution < 1.29 is 9.53 Å². The van der Waals surface area contributed by atoms with Crippen LogP contribution in [0, 0.1) is 0 Å². The summed E-state index contributed by atoms with van der Waals surface area (Å²) in [5.41, 5.74) is 0.926. The second kappa shape index (κ2) is 6.26. The van der Waals surface area contributed by atoms with Gasteiger partial charge in [-0.25, -0.2) is 4.98 Å². The van der Waals surface area contributed by atoms with Gasteiger partial charge in [0, 0.05) is 11.9 Å². The van der Waals surface area contributed by atoms with E-state index in [4.69, 9.17) is 4.74 Å². The summed E-state index contributed by atoms with van der Waals surface area (Å²) in [6, 6.07) is -0.261. The first kappa shape index (κ1) is 13.5. The lowest BCUT2D eigenvalue weighted by atomic mass is 10.1. The Balaban J connectivity index is 1.83. The summed E-state index contributed by atoms with van der Waals surface area (Å²) >= 11 is 1.63. The molecular formula is C12H19N3O2S. The van der Waals surface area contributed by atoms with Crippen LogP contribution in [-0.2, 0) is 22.5 Å². The molecule has 1 aromatic heterocycles. The largest absolute Gasteiger partial charge is 0.375 e. The Morgan fingerprint density at radius 3 is 3.22 bits per heavy atom. The fourth-order valence-electron chi connectivity index (χ4n) is 1.91. The molecule has 1 saturated heterocycles. The van der Waals surface area contributed by atoms with E-state index in [0.717, 1.165) is 23.7 Å². The Bertz CT molecular complexity index is 408. The number of nitrogens with one attached hydrogen (secondary N) is 2. The number of carbonyl (C=O) groups excluding carboxylic acids is 1. The highest BCUT2D eigenvalue weighted by molar-refractivity contribution is 7.09. The molecule has 0 bridgehead atoms. The fourth-order valence-corrected chi connectivity index (χ4v) is 2.65. The van der Waals surface area contributed by atoms with Crippen LogP contribution in [0.2, 0.25) is 0 Å². The molecule has 0 saturated carbocycles. The number of aromatic nitrogens is 1. The van der Waals surface area contributed by atoms with E-state index in [1.807, 2.05) is 12.3 Å². The van der Waals surface area contributed by atoms with Crippen molar-refractivity contribution in [2.75, 3.05) is 13.2 Å². The van der Waals surface area contributed by atoms with Gasteiger partial charge in [0.25, 0.3) is 0 Å². The minimum atomic E-state index is -0.261. The minimum Gasteiger partial charge on any atom is -0.375 e. The Morgan fingerprint density at radius 2 is 2.56 bits per heavy atom. The predicted molar refractivity (Wildman–Crippen MR) is 70.5 cm³/mol. The van der Waals surface area contributed by atoms with Gasteiger partial charge in [0.05, 0.1) is 30.0 Å². The maximum atomic E-state index is 12.0. The third kappa shape index (κ3) is 3.28. The molecule has 1 aliphatic heterocycles. The van der Waals surface area contributed by atoms with Crippen LogP contribution in [-0.4, -0.2) is 36.2 Å². The van der Waals surface area contributed by atoms with Crippen molar-refractivity contribution in [2.45, 2.75) is 39.0 Å². The Morgan fingerprint density at radius 1 is 1.72 bits per heavy atom. The zero-order chi connectivity index (χ0) is 13.0. The standard InChI is InChI=1S/C12H19N3O2S/c1-3-10-15-9(7-18-10)6-14-12(16)11-8(2)17-5-4-13-11/h7-8,11,13H,3-6H2,1-2H3,(H,14,16)/t8-,11+/m1/s1. The van der Waals surface area contributed by atoms with Gasteiger partial charge in [0.15, 0.2) is 0 Å². The van der Waals surface area contributed by atoms with Crippen molar-refractivity contribution in [2.24, 2.45) is 0 Å². The van der Waals surface area contributed by atoms with Gasteiger partial charge in [-0.1, -0.05) is 6.92 Å². The molecule has 1 aliphatic rings. The Kier molecular flexibility index (Phi) is 4.68. The van der Waals surface area contributed by atoms with Crippen molar-refractivity contribution in [3.63, 3.8) is 0 Å². The van der Waals surface area contributed by atoms with Crippen LogP contribution >= 0.6 is 11.3 Å².